The lowest BCUT2D eigenvalue weighted by Gasteiger charge is -2.10. The average Bonchev–Trinajstić information content (AvgIpc) is 3.23. The normalized spacial score (nSPS) is 11.1. The predicted octanol–water partition coefficient (Wildman–Crippen LogP) is 3.92. The zero-order chi connectivity index (χ0) is 19.4. The van der Waals surface area contributed by atoms with E-state index in [1.807, 2.05) is 30.5 Å². The second-order valence-corrected chi connectivity index (χ2v) is 6.55. The third-order valence-corrected chi connectivity index (χ3v) is 4.81. The van der Waals surface area contributed by atoms with Crippen molar-refractivity contribution >= 4 is 5.97 Å². The second kappa shape index (κ2) is 8.22. The number of aromatic nitrogens is 1. The van der Waals surface area contributed by atoms with Gasteiger partial charge in [-0.05, 0) is 43.7 Å². The summed E-state index contributed by atoms with van der Waals surface area (Å²) in [4.78, 5) is 11.8. The number of aromatic carboxylic acids is 1. The molecule has 0 unspecified atom stereocenters. The van der Waals surface area contributed by atoms with Gasteiger partial charge in [-0.1, -0.05) is 12.1 Å². The highest BCUT2D eigenvalue weighted by Gasteiger charge is 2.22. The Morgan fingerprint density at radius 1 is 1.19 bits per heavy atom. The van der Waals surface area contributed by atoms with Crippen LogP contribution < -0.4 is 5.32 Å². The minimum Gasteiger partial charge on any atom is -0.478 e. The van der Waals surface area contributed by atoms with E-state index in [9.17, 15) is 14.3 Å². The van der Waals surface area contributed by atoms with Gasteiger partial charge in [0.05, 0.1) is 11.8 Å². The number of hydrogen-bond acceptors (Lipinski definition) is 3. The predicted molar refractivity (Wildman–Crippen MR) is 100 cm³/mol. The molecule has 0 aliphatic rings. The van der Waals surface area contributed by atoms with Crippen molar-refractivity contribution in [3.63, 3.8) is 0 Å². The molecule has 0 bridgehead atoms. The summed E-state index contributed by atoms with van der Waals surface area (Å²) in [6, 6.07) is 10.0. The first kappa shape index (κ1) is 18.9. The number of furan rings is 1. The first-order chi connectivity index (χ1) is 13.0. The molecule has 0 radical (unpaired) electrons. The lowest BCUT2D eigenvalue weighted by molar-refractivity contribution is 0.0694. The van der Waals surface area contributed by atoms with E-state index in [0.717, 1.165) is 29.0 Å². The van der Waals surface area contributed by atoms with Gasteiger partial charge >= 0.3 is 5.97 Å². The summed E-state index contributed by atoms with van der Waals surface area (Å²) < 4.78 is 20.4. The summed E-state index contributed by atoms with van der Waals surface area (Å²) in [5, 5.41) is 13.0. The first-order valence-electron chi connectivity index (χ1n) is 8.86. The number of nitrogens with zero attached hydrogens (tertiary/aromatic N) is 1. The minimum absolute atomic E-state index is 0.285. The van der Waals surface area contributed by atoms with Crippen LogP contribution in [0.25, 0.3) is 0 Å². The van der Waals surface area contributed by atoms with Crippen LogP contribution in [0.15, 0.2) is 47.1 Å². The van der Waals surface area contributed by atoms with Crippen LogP contribution in [-0.4, -0.2) is 22.2 Å². The fraction of sp³-hybridized carbons (Fsp3) is 0.286. The van der Waals surface area contributed by atoms with Gasteiger partial charge in [0.25, 0.3) is 0 Å². The van der Waals surface area contributed by atoms with Gasteiger partial charge in [-0.15, -0.1) is 0 Å². The van der Waals surface area contributed by atoms with E-state index in [1.165, 1.54) is 12.1 Å². The Labute approximate surface area is 157 Å². The van der Waals surface area contributed by atoms with Crippen LogP contribution in [0.1, 0.15) is 38.6 Å². The fourth-order valence-corrected chi connectivity index (χ4v) is 3.34. The zero-order valence-electron chi connectivity index (χ0n) is 15.5. The van der Waals surface area contributed by atoms with Crippen molar-refractivity contribution in [3.8, 4) is 0 Å². The van der Waals surface area contributed by atoms with Gasteiger partial charge in [-0.2, -0.15) is 0 Å². The molecule has 3 aromatic rings. The number of carboxylic acid groups (broad SMARTS) is 1. The number of rotatable bonds is 8. The third-order valence-electron chi connectivity index (χ3n) is 4.81. The summed E-state index contributed by atoms with van der Waals surface area (Å²) in [5.41, 5.74) is 3.64. The SMILES string of the molecule is Cc1c(CNCCc2ccco2)c(C(=O)O)c(C)n1Cc1ccc(F)cc1. The van der Waals surface area contributed by atoms with E-state index < -0.39 is 5.97 Å². The maximum atomic E-state index is 13.1. The molecule has 0 spiro atoms. The number of benzene rings is 1. The van der Waals surface area contributed by atoms with E-state index in [0.29, 0.717) is 30.9 Å². The smallest absolute Gasteiger partial charge is 0.337 e. The van der Waals surface area contributed by atoms with Crippen LogP contribution in [0.2, 0.25) is 0 Å². The topological polar surface area (TPSA) is 67.4 Å². The largest absolute Gasteiger partial charge is 0.478 e. The van der Waals surface area contributed by atoms with Crippen LogP contribution >= 0.6 is 0 Å². The molecule has 0 atom stereocenters. The molecule has 0 saturated heterocycles. The lowest BCUT2D eigenvalue weighted by atomic mass is 10.1. The average molecular weight is 370 g/mol. The maximum absolute atomic E-state index is 13.1. The molecule has 5 nitrogen and oxygen atoms in total. The lowest BCUT2D eigenvalue weighted by Crippen LogP contribution is -2.18. The maximum Gasteiger partial charge on any atom is 0.337 e. The summed E-state index contributed by atoms with van der Waals surface area (Å²) >= 11 is 0. The van der Waals surface area contributed by atoms with Gasteiger partial charge in [0.1, 0.15) is 11.6 Å². The van der Waals surface area contributed by atoms with Gasteiger partial charge in [0.15, 0.2) is 0 Å². The molecular weight excluding hydrogens is 347 g/mol. The minimum atomic E-state index is -0.934. The second-order valence-electron chi connectivity index (χ2n) is 6.55. The quantitative estimate of drug-likeness (QED) is 0.590. The Bertz CT molecular complexity index is 912. The Hall–Kier alpha value is -2.86. The Morgan fingerprint density at radius 3 is 2.56 bits per heavy atom. The molecule has 0 aliphatic carbocycles. The van der Waals surface area contributed by atoms with Crippen LogP contribution in [0, 0.1) is 19.7 Å². The molecule has 3 rings (SSSR count). The van der Waals surface area contributed by atoms with E-state index >= 15 is 0 Å². The van der Waals surface area contributed by atoms with Crippen LogP contribution in [0.4, 0.5) is 4.39 Å². The number of nitrogens with one attached hydrogen (secondary N) is 1. The van der Waals surface area contributed by atoms with Gasteiger partial charge < -0.3 is 19.4 Å². The first-order valence-corrected chi connectivity index (χ1v) is 8.86. The third kappa shape index (κ3) is 4.28. The van der Waals surface area contributed by atoms with E-state index in [-0.39, 0.29) is 5.82 Å². The molecule has 2 aromatic heterocycles. The molecule has 27 heavy (non-hydrogen) atoms. The number of carbonyl (C=O) groups is 1. The van der Waals surface area contributed by atoms with Gasteiger partial charge in [0.2, 0.25) is 0 Å². The fourth-order valence-electron chi connectivity index (χ4n) is 3.34. The molecule has 0 amide bonds. The van der Waals surface area contributed by atoms with Crippen molar-refractivity contribution < 1.29 is 18.7 Å². The van der Waals surface area contributed by atoms with Crippen molar-refractivity contribution in [2.75, 3.05) is 6.54 Å². The van der Waals surface area contributed by atoms with Gasteiger partial charge in [-0.25, -0.2) is 9.18 Å². The van der Waals surface area contributed by atoms with Gasteiger partial charge in [0, 0.05) is 43.0 Å². The highest BCUT2D eigenvalue weighted by molar-refractivity contribution is 5.91. The number of hydrogen-bond donors (Lipinski definition) is 2. The van der Waals surface area contributed by atoms with Crippen LogP contribution in [0.5, 0.6) is 0 Å². The van der Waals surface area contributed by atoms with E-state index in [4.69, 9.17) is 4.42 Å². The summed E-state index contributed by atoms with van der Waals surface area (Å²) in [6.45, 7) is 5.39. The van der Waals surface area contributed by atoms with Crippen molar-refractivity contribution in [3.05, 3.63) is 82.3 Å². The molecule has 2 heterocycles. The van der Waals surface area contributed by atoms with Crippen LogP contribution in [0.3, 0.4) is 0 Å². The van der Waals surface area contributed by atoms with Crippen molar-refractivity contribution in [1.82, 2.24) is 9.88 Å². The van der Waals surface area contributed by atoms with Gasteiger partial charge in [-0.3, -0.25) is 0 Å². The van der Waals surface area contributed by atoms with Crippen molar-refractivity contribution in [2.45, 2.75) is 33.4 Å². The van der Waals surface area contributed by atoms with E-state index in [1.54, 1.807) is 18.4 Å². The van der Waals surface area contributed by atoms with Crippen LogP contribution in [-0.2, 0) is 19.5 Å². The summed E-state index contributed by atoms with van der Waals surface area (Å²) in [6.07, 6.45) is 2.38. The molecular formula is C21H23FN2O3. The Kier molecular flexibility index (Phi) is 5.76. The molecule has 2 N–H and O–H groups in total. The highest BCUT2D eigenvalue weighted by Crippen LogP contribution is 2.24. The van der Waals surface area contributed by atoms with Crippen molar-refractivity contribution in [1.29, 1.82) is 0 Å². The molecule has 6 heteroatoms. The Morgan fingerprint density at radius 2 is 1.93 bits per heavy atom. The zero-order valence-corrected chi connectivity index (χ0v) is 15.5. The molecule has 1 aromatic carbocycles. The highest BCUT2D eigenvalue weighted by atomic mass is 19.1. The summed E-state index contributed by atoms with van der Waals surface area (Å²) in [5.74, 6) is -0.327. The van der Waals surface area contributed by atoms with E-state index in [2.05, 4.69) is 5.32 Å². The van der Waals surface area contributed by atoms with Crippen molar-refractivity contribution in [2.24, 2.45) is 0 Å². The number of halogens is 1. The number of carboxylic acids is 1. The molecule has 0 fully saturated rings. The molecule has 0 aliphatic heterocycles. The monoisotopic (exact) mass is 370 g/mol. The Balaban J connectivity index is 1.77. The standard InChI is InChI=1S/C21H23FN2O3/c1-14-19(12-23-10-9-18-4-3-11-27-18)20(21(25)26)15(2)24(14)13-16-5-7-17(22)8-6-16/h3-8,11,23H,9-10,12-13H2,1-2H3,(H,25,26). The summed E-state index contributed by atoms with van der Waals surface area (Å²) in [7, 11) is 0. The molecule has 142 valence electrons. The molecule has 0 saturated carbocycles.